The van der Waals surface area contributed by atoms with Crippen LogP contribution in [0.4, 0.5) is 5.69 Å². The van der Waals surface area contributed by atoms with E-state index in [1.165, 1.54) is 29.9 Å². The highest BCUT2D eigenvalue weighted by atomic mass is 15.2. The van der Waals surface area contributed by atoms with Crippen molar-refractivity contribution in [2.45, 2.75) is 24.8 Å². The minimum absolute atomic E-state index is 0.581. The van der Waals surface area contributed by atoms with Crippen molar-refractivity contribution < 1.29 is 0 Å². The number of aromatic nitrogens is 1. The number of piperidine rings is 1. The van der Waals surface area contributed by atoms with Crippen molar-refractivity contribution in [2.24, 2.45) is 0 Å². The molecule has 4 heterocycles. The Balaban J connectivity index is 1.42. The highest BCUT2D eigenvalue weighted by Gasteiger charge is 2.37. The fourth-order valence-electron chi connectivity index (χ4n) is 3.77. The number of para-hydroxylation sites is 1. The lowest BCUT2D eigenvalue weighted by Crippen LogP contribution is -2.54. The summed E-state index contributed by atoms with van der Waals surface area (Å²) in [6, 6.07) is 15.6. The van der Waals surface area contributed by atoms with E-state index in [1.54, 1.807) is 0 Å². The molecular formula is C18H21N3. The first kappa shape index (κ1) is 12.8. The van der Waals surface area contributed by atoms with Crippen molar-refractivity contribution >= 4 is 5.69 Å². The van der Waals surface area contributed by atoms with Gasteiger partial charge in [0, 0.05) is 55.6 Å². The summed E-state index contributed by atoms with van der Waals surface area (Å²) in [4.78, 5) is 6.93. The molecule has 1 aromatic carbocycles. The Bertz CT molecular complexity index is 611. The fourth-order valence-corrected chi connectivity index (χ4v) is 3.77. The molecule has 2 aromatic rings. The molecule has 108 valence electrons. The van der Waals surface area contributed by atoms with Gasteiger partial charge in [-0.25, -0.2) is 0 Å². The Morgan fingerprint density at radius 2 is 2.05 bits per heavy atom. The maximum absolute atomic E-state index is 4.39. The SMILES string of the molecule is c1ccc(CCNC2CN3CCC2c2ccccc23)nc1. The van der Waals surface area contributed by atoms with Crippen LogP contribution in [0.15, 0.2) is 48.7 Å². The van der Waals surface area contributed by atoms with Crippen molar-refractivity contribution in [1.82, 2.24) is 10.3 Å². The highest BCUT2D eigenvalue weighted by molar-refractivity contribution is 5.60. The normalized spacial score (nSPS) is 23.1. The molecule has 0 aliphatic carbocycles. The second-order valence-electron chi connectivity index (χ2n) is 6.03. The van der Waals surface area contributed by atoms with Gasteiger partial charge in [-0.1, -0.05) is 24.3 Å². The molecule has 1 fully saturated rings. The van der Waals surface area contributed by atoms with Gasteiger partial charge >= 0.3 is 0 Å². The molecule has 0 spiro atoms. The van der Waals surface area contributed by atoms with Crippen molar-refractivity contribution in [3.63, 3.8) is 0 Å². The number of benzene rings is 1. The smallest absolute Gasteiger partial charge is 0.0416 e. The summed E-state index contributed by atoms with van der Waals surface area (Å²) in [7, 11) is 0. The molecule has 0 saturated carbocycles. The second-order valence-corrected chi connectivity index (χ2v) is 6.03. The molecule has 21 heavy (non-hydrogen) atoms. The van der Waals surface area contributed by atoms with E-state index in [-0.39, 0.29) is 0 Å². The first-order valence-electron chi connectivity index (χ1n) is 7.89. The monoisotopic (exact) mass is 279 g/mol. The molecule has 3 nitrogen and oxygen atoms in total. The highest BCUT2D eigenvalue weighted by Crippen LogP contribution is 2.41. The van der Waals surface area contributed by atoms with E-state index in [0.717, 1.165) is 19.5 Å². The number of hydrogen-bond donors (Lipinski definition) is 1. The molecule has 3 aliphatic rings. The first-order valence-corrected chi connectivity index (χ1v) is 7.89. The van der Waals surface area contributed by atoms with Crippen LogP contribution in [0, 0.1) is 0 Å². The zero-order chi connectivity index (χ0) is 14.1. The van der Waals surface area contributed by atoms with Crippen LogP contribution in [0.3, 0.4) is 0 Å². The molecule has 1 N–H and O–H groups in total. The van der Waals surface area contributed by atoms with Crippen molar-refractivity contribution in [3.05, 3.63) is 59.9 Å². The van der Waals surface area contributed by atoms with E-state index in [1.807, 2.05) is 12.3 Å². The molecule has 2 bridgehead atoms. The van der Waals surface area contributed by atoms with Gasteiger partial charge in [0.25, 0.3) is 0 Å². The Hall–Kier alpha value is -1.87. The summed E-state index contributed by atoms with van der Waals surface area (Å²) in [5.74, 6) is 0.676. The second kappa shape index (κ2) is 5.49. The third-order valence-corrected chi connectivity index (χ3v) is 4.80. The predicted octanol–water partition coefficient (Wildman–Crippen LogP) is 2.59. The van der Waals surface area contributed by atoms with Gasteiger partial charge in [-0.05, 0) is 30.2 Å². The summed E-state index contributed by atoms with van der Waals surface area (Å²) in [6.07, 6.45) is 4.16. The van der Waals surface area contributed by atoms with Gasteiger partial charge in [0.05, 0.1) is 0 Å². The quantitative estimate of drug-likeness (QED) is 0.932. The number of anilines is 1. The van der Waals surface area contributed by atoms with E-state index in [9.17, 15) is 0 Å². The van der Waals surface area contributed by atoms with E-state index >= 15 is 0 Å². The Labute approximate surface area is 126 Å². The van der Waals surface area contributed by atoms with Crippen LogP contribution in [0.2, 0.25) is 0 Å². The Morgan fingerprint density at radius 1 is 1.14 bits per heavy atom. The number of pyridine rings is 1. The molecule has 2 atom stereocenters. The average Bonchev–Trinajstić information content (AvgIpc) is 2.57. The van der Waals surface area contributed by atoms with Gasteiger partial charge in [0.1, 0.15) is 0 Å². The third-order valence-electron chi connectivity index (χ3n) is 4.80. The number of nitrogens with zero attached hydrogens (tertiary/aromatic N) is 2. The lowest BCUT2D eigenvalue weighted by atomic mass is 9.79. The molecule has 1 aromatic heterocycles. The summed E-state index contributed by atoms with van der Waals surface area (Å²) >= 11 is 0. The number of hydrogen-bond acceptors (Lipinski definition) is 3. The lowest BCUT2D eigenvalue weighted by Gasteiger charge is -2.47. The van der Waals surface area contributed by atoms with Gasteiger partial charge in [-0.2, -0.15) is 0 Å². The molecular weight excluding hydrogens is 258 g/mol. The largest absolute Gasteiger partial charge is 0.370 e. The molecule has 2 unspecified atom stereocenters. The van der Waals surface area contributed by atoms with Crippen LogP contribution in [0.5, 0.6) is 0 Å². The number of rotatable bonds is 4. The summed E-state index contributed by atoms with van der Waals surface area (Å²) in [5, 5.41) is 3.76. The molecule has 3 aliphatic heterocycles. The summed E-state index contributed by atoms with van der Waals surface area (Å²) in [6.45, 7) is 3.36. The maximum Gasteiger partial charge on any atom is 0.0416 e. The molecule has 5 rings (SSSR count). The lowest BCUT2D eigenvalue weighted by molar-refractivity contribution is 0.355. The zero-order valence-electron chi connectivity index (χ0n) is 12.2. The van der Waals surface area contributed by atoms with Crippen LogP contribution in [0.25, 0.3) is 0 Å². The third kappa shape index (κ3) is 2.42. The van der Waals surface area contributed by atoms with Gasteiger partial charge in [0.15, 0.2) is 0 Å². The van der Waals surface area contributed by atoms with E-state index in [2.05, 4.69) is 51.6 Å². The molecule has 0 radical (unpaired) electrons. The Morgan fingerprint density at radius 3 is 2.95 bits per heavy atom. The maximum atomic E-state index is 4.39. The van der Waals surface area contributed by atoms with Crippen molar-refractivity contribution in [2.75, 3.05) is 24.5 Å². The van der Waals surface area contributed by atoms with Crippen LogP contribution in [-0.4, -0.2) is 30.7 Å². The topological polar surface area (TPSA) is 28.2 Å². The van der Waals surface area contributed by atoms with Crippen molar-refractivity contribution in [1.29, 1.82) is 0 Å². The number of fused-ring (bicyclic) bond motifs is 2. The fraction of sp³-hybridized carbons (Fsp3) is 0.389. The predicted molar refractivity (Wildman–Crippen MR) is 85.7 cm³/mol. The standard InChI is InChI=1S/C18H21N3/c1-2-7-18-16(6-1)15-9-12-21(18)13-17(15)20-11-8-14-5-3-4-10-19-14/h1-7,10,15,17,20H,8-9,11-13H2. The van der Waals surface area contributed by atoms with Gasteiger partial charge in [-0.3, -0.25) is 4.98 Å². The molecule has 1 saturated heterocycles. The minimum Gasteiger partial charge on any atom is -0.370 e. The number of nitrogens with one attached hydrogen (secondary N) is 1. The van der Waals surface area contributed by atoms with Crippen LogP contribution in [-0.2, 0) is 6.42 Å². The Kier molecular flexibility index (Phi) is 3.36. The van der Waals surface area contributed by atoms with Crippen LogP contribution >= 0.6 is 0 Å². The average molecular weight is 279 g/mol. The van der Waals surface area contributed by atoms with Gasteiger partial charge in [0.2, 0.25) is 0 Å². The van der Waals surface area contributed by atoms with E-state index in [0.29, 0.717) is 12.0 Å². The van der Waals surface area contributed by atoms with Crippen LogP contribution in [0.1, 0.15) is 23.6 Å². The van der Waals surface area contributed by atoms with Crippen molar-refractivity contribution in [3.8, 4) is 0 Å². The minimum atomic E-state index is 0.581. The van der Waals surface area contributed by atoms with E-state index in [4.69, 9.17) is 0 Å². The summed E-state index contributed by atoms with van der Waals surface area (Å²) in [5.41, 5.74) is 4.16. The van der Waals surface area contributed by atoms with Gasteiger partial charge < -0.3 is 10.2 Å². The molecule has 0 amide bonds. The summed E-state index contributed by atoms with van der Waals surface area (Å²) < 4.78 is 0. The first-order chi connectivity index (χ1) is 10.4. The molecule has 3 heteroatoms. The van der Waals surface area contributed by atoms with Gasteiger partial charge in [-0.15, -0.1) is 0 Å². The zero-order valence-corrected chi connectivity index (χ0v) is 12.2. The van der Waals surface area contributed by atoms with Crippen LogP contribution < -0.4 is 10.2 Å². The van der Waals surface area contributed by atoms with E-state index < -0.39 is 0 Å².